The number of carbonyl (C=O) groups is 1. The highest BCUT2D eigenvalue weighted by Crippen LogP contribution is 2.20. The summed E-state index contributed by atoms with van der Waals surface area (Å²) in [6.07, 6.45) is 6.07. The first kappa shape index (κ1) is 13.3. The van der Waals surface area contributed by atoms with E-state index in [1.807, 2.05) is 29.6 Å². The minimum Gasteiger partial charge on any atom is -0.337 e. The van der Waals surface area contributed by atoms with E-state index in [4.69, 9.17) is 0 Å². The number of rotatable bonds is 3. The Balaban J connectivity index is 1.65. The van der Waals surface area contributed by atoms with E-state index in [1.54, 1.807) is 5.51 Å². The number of hydrogen-bond acceptors (Lipinski definition) is 4. The third-order valence-electron chi connectivity index (χ3n) is 3.84. The molecule has 20 heavy (non-hydrogen) atoms. The number of hydrogen-bond donors (Lipinski definition) is 0. The lowest BCUT2D eigenvalue weighted by Gasteiger charge is -2.32. The van der Waals surface area contributed by atoms with Crippen LogP contribution in [0.3, 0.4) is 0 Å². The smallest absolute Gasteiger partial charge is 0.273 e. The summed E-state index contributed by atoms with van der Waals surface area (Å²) in [4.78, 5) is 22.6. The van der Waals surface area contributed by atoms with Crippen molar-refractivity contribution >= 4 is 17.2 Å². The Labute approximate surface area is 122 Å². The summed E-state index contributed by atoms with van der Waals surface area (Å²) in [7, 11) is 0. The molecule has 106 valence electrons. The van der Waals surface area contributed by atoms with Gasteiger partial charge in [0.1, 0.15) is 11.5 Å². The molecular formula is C14H18N4OS. The Hall–Kier alpha value is -1.69. The van der Waals surface area contributed by atoms with Crippen LogP contribution in [0.1, 0.15) is 29.2 Å². The van der Waals surface area contributed by atoms with Gasteiger partial charge in [-0.25, -0.2) is 9.97 Å². The minimum atomic E-state index is 0.0679. The molecule has 1 aliphatic heterocycles. The van der Waals surface area contributed by atoms with Gasteiger partial charge in [-0.1, -0.05) is 0 Å². The summed E-state index contributed by atoms with van der Waals surface area (Å²) in [6, 6.07) is 0. The lowest BCUT2D eigenvalue weighted by molar-refractivity contribution is 0.0657. The molecule has 2 aromatic heterocycles. The molecule has 0 saturated carbocycles. The van der Waals surface area contributed by atoms with Crippen molar-refractivity contribution in [1.29, 1.82) is 0 Å². The lowest BCUT2D eigenvalue weighted by atomic mass is 9.97. The van der Waals surface area contributed by atoms with Crippen molar-refractivity contribution in [3.63, 3.8) is 0 Å². The second kappa shape index (κ2) is 5.75. The summed E-state index contributed by atoms with van der Waals surface area (Å²) in [5.74, 6) is 1.60. The van der Waals surface area contributed by atoms with Gasteiger partial charge in [0, 0.05) is 37.4 Å². The van der Waals surface area contributed by atoms with Crippen LogP contribution in [-0.2, 0) is 6.54 Å². The minimum absolute atomic E-state index is 0.0679. The maximum Gasteiger partial charge on any atom is 0.273 e. The van der Waals surface area contributed by atoms with E-state index in [9.17, 15) is 4.79 Å². The maximum absolute atomic E-state index is 12.3. The second-order valence-electron chi connectivity index (χ2n) is 5.26. The molecule has 3 rings (SSSR count). The SMILES string of the molecule is Cc1nccn1CC1CCCN(C(=O)c2cscn2)C1. The molecule has 0 spiro atoms. The predicted molar refractivity (Wildman–Crippen MR) is 77.7 cm³/mol. The van der Waals surface area contributed by atoms with Gasteiger partial charge in [0.15, 0.2) is 0 Å². The third kappa shape index (κ3) is 2.75. The molecule has 2 aromatic rings. The summed E-state index contributed by atoms with van der Waals surface area (Å²) in [5.41, 5.74) is 2.29. The van der Waals surface area contributed by atoms with E-state index in [0.29, 0.717) is 11.6 Å². The second-order valence-corrected chi connectivity index (χ2v) is 5.98. The molecule has 0 aromatic carbocycles. The molecule has 3 heterocycles. The lowest BCUT2D eigenvalue weighted by Crippen LogP contribution is -2.41. The molecule has 0 aliphatic carbocycles. The number of piperidine rings is 1. The quantitative estimate of drug-likeness (QED) is 0.871. The van der Waals surface area contributed by atoms with Gasteiger partial charge in [-0.05, 0) is 25.7 Å². The van der Waals surface area contributed by atoms with Crippen LogP contribution in [0.4, 0.5) is 0 Å². The van der Waals surface area contributed by atoms with Crippen LogP contribution in [0.5, 0.6) is 0 Å². The van der Waals surface area contributed by atoms with Gasteiger partial charge in [-0.3, -0.25) is 4.79 Å². The van der Waals surface area contributed by atoms with Crippen LogP contribution in [-0.4, -0.2) is 38.4 Å². The normalized spacial score (nSPS) is 19.2. The third-order valence-corrected chi connectivity index (χ3v) is 4.42. The summed E-state index contributed by atoms with van der Waals surface area (Å²) in [6.45, 7) is 4.61. The van der Waals surface area contributed by atoms with Crippen molar-refractivity contribution in [2.45, 2.75) is 26.3 Å². The molecule has 0 N–H and O–H groups in total. The van der Waals surface area contributed by atoms with Gasteiger partial charge < -0.3 is 9.47 Å². The van der Waals surface area contributed by atoms with Crippen molar-refractivity contribution in [2.24, 2.45) is 5.92 Å². The number of aryl methyl sites for hydroxylation is 1. The maximum atomic E-state index is 12.3. The first-order valence-corrected chi connectivity index (χ1v) is 7.83. The van der Waals surface area contributed by atoms with Gasteiger partial charge in [0.05, 0.1) is 5.51 Å². The molecule has 1 saturated heterocycles. The van der Waals surface area contributed by atoms with E-state index in [-0.39, 0.29) is 5.91 Å². The summed E-state index contributed by atoms with van der Waals surface area (Å²) in [5, 5.41) is 1.83. The van der Waals surface area contributed by atoms with E-state index in [1.165, 1.54) is 17.8 Å². The van der Waals surface area contributed by atoms with Gasteiger partial charge in [-0.15, -0.1) is 11.3 Å². The highest BCUT2D eigenvalue weighted by atomic mass is 32.1. The molecule has 1 amide bonds. The first-order valence-electron chi connectivity index (χ1n) is 6.89. The molecular weight excluding hydrogens is 272 g/mol. The number of carbonyl (C=O) groups excluding carboxylic acids is 1. The fraction of sp³-hybridized carbons (Fsp3) is 0.500. The first-order chi connectivity index (χ1) is 9.74. The molecule has 0 radical (unpaired) electrons. The number of imidazole rings is 1. The Bertz CT molecular complexity index is 578. The highest BCUT2D eigenvalue weighted by Gasteiger charge is 2.25. The van der Waals surface area contributed by atoms with Crippen molar-refractivity contribution in [3.05, 3.63) is 34.8 Å². The van der Waals surface area contributed by atoms with Gasteiger partial charge in [0.25, 0.3) is 5.91 Å². The molecule has 1 aliphatic rings. The number of thiazole rings is 1. The predicted octanol–water partition coefficient (Wildman–Crippen LogP) is 2.20. The van der Waals surface area contributed by atoms with E-state index >= 15 is 0 Å². The Kier molecular flexibility index (Phi) is 3.82. The summed E-state index contributed by atoms with van der Waals surface area (Å²) >= 11 is 1.47. The largest absolute Gasteiger partial charge is 0.337 e. The standard InChI is InChI=1S/C14H18N4OS/c1-11-15-4-6-17(11)7-12-3-2-5-18(8-12)14(19)13-9-20-10-16-13/h4,6,9-10,12H,2-3,5,7-8H2,1H3. The van der Waals surface area contributed by atoms with Crippen LogP contribution >= 0.6 is 11.3 Å². The zero-order valence-electron chi connectivity index (χ0n) is 11.5. The van der Waals surface area contributed by atoms with Crippen molar-refractivity contribution in [1.82, 2.24) is 19.4 Å². The number of amides is 1. The Morgan fingerprint density at radius 2 is 2.40 bits per heavy atom. The average molecular weight is 290 g/mol. The van der Waals surface area contributed by atoms with Crippen LogP contribution in [0.2, 0.25) is 0 Å². The molecule has 1 unspecified atom stereocenters. The van der Waals surface area contributed by atoms with E-state index < -0.39 is 0 Å². The monoisotopic (exact) mass is 290 g/mol. The number of nitrogens with zero attached hydrogens (tertiary/aromatic N) is 4. The van der Waals surface area contributed by atoms with Gasteiger partial charge in [-0.2, -0.15) is 0 Å². The topological polar surface area (TPSA) is 51.0 Å². The van der Waals surface area contributed by atoms with Crippen LogP contribution < -0.4 is 0 Å². The van der Waals surface area contributed by atoms with Crippen molar-refractivity contribution in [2.75, 3.05) is 13.1 Å². The highest BCUT2D eigenvalue weighted by molar-refractivity contribution is 7.07. The molecule has 1 atom stereocenters. The van der Waals surface area contributed by atoms with Crippen LogP contribution in [0.15, 0.2) is 23.3 Å². The molecule has 1 fully saturated rings. The number of aromatic nitrogens is 3. The average Bonchev–Trinajstić information content (AvgIpc) is 3.11. The zero-order valence-corrected chi connectivity index (χ0v) is 12.3. The zero-order chi connectivity index (χ0) is 13.9. The van der Waals surface area contributed by atoms with Crippen LogP contribution in [0, 0.1) is 12.8 Å². The van der Waals surface area contributed by atoms with Crippen molar-refractivity contribution < 1.29 is 4.79 Å². The number of likely N-dealkylation sites (tertiary alicyclic amines) is 1. The molecule has 0 bridgehead atoms. The molecule has 5 nitrogen and oxygen atoms in total. The van der Waals surface area contributed by atoms with Crippen LogP contribution in [0.25, 0.3) is 0 Å². The van der Waals surface area contributed by atoms with Gasteiger partial charge >= 0.3 is 0 Å². The Morgan fingerprint density at radius 3 is 3.10 bits per heavy atom. The molecule has 6 heteroatoms. The van der Waals surface area contributed by atoms with E-state index in [2.05, 4.69) is 14.5 Å². The fourth-order valence-electron chi connectivity index (χ4n) is 2.75. The van der Waals surface area contributed by atoms with Gasteiger partial charge in [0.2, 0.25) is 0 Å². The fourth-order valence-corrected chi connectivity index (χ4v) is 3.28. The Morgan fingerprint density at radius 1 is 1.50 bits per heavy atom. The summed E-state index contributed by atoms with van der Waals surface area (Å²) < 4.78 is 2.17. The van der Waals surface area contributed by atoms with E-state index in [0.717, 1.165) is 31.9 Å². The van der Waals surface area contributed by atoms with Crippen molar-refractivity contribution in [3.8, 4) is 0 Å².